The maximum absolute atomic E-state index is 13.3. The van der Waals surface area contributed by atoms with E-state index in [2.05, 4.69) is 117 Å². The number of hydrogen-bond donors (Lipinski definition) is 1. The molecule has 4 aromatic carbocycles. The summed E-state index contributed by atoms with van der Waals surface area (Å²) in [6.07, 6.45) is 4.40. The smallest absolute Gasteiger partial charge is 0.307 e. The Morgan fingerprint density at radius 2 is 1.49 bits per heavy atom. The third-order valence-corrected chi connectivity index (χ3v) is 8.50. The van der Waals surface area contributed by atoms with Gasteiger partial charge in [-0.05, 0) is 65.5 Å². The van der Waals surface area contributed by atoms with Crippen LogP contribution in [-0.4, -0.2) is 18.1 Å². The van der Waals surface area contributed by atoms with Gasteiger partial charge < -0.3 is 10.1 Å². The van der Waals surface area contributed by atoms with Crippen molar-refractivity contribution < 1.29 is 9.53 Å². The molecule has 5 rings (SSSR count). The normalized spacial score (nSPS) is 19.6. The summed E-state index contributed by atoms with van der Waals surface area (Å²) >= 11 is 0. The van der Waals surface area contributed by atoms with Gasteiger partial charge in [0.05, 0.1) is 12.5 Å². The number of ether oxygens (including phenoxy) is 1. The van der Waals surface area contributed by atoms with Gasteiger partial charge in [0.25, 0.3) is 0 Å². The van der Waals surface area contributed by atoms with Crippen molar-refractivity contribution in [3.63, 3.8) is 0 Å². The van der Waals surface area contributed by atoms with E-state index in [0.29, 0.717) is 12.3 Å². The molecule has 4 aromatic rings. The van der Waals surface area contributed by atoms with Crippen LogP contribution in [0.15, 0.2) is 103 Å². The molecular formula is C36H41NO2. The number of benzene rings is 4. The number of carbonyl (C=O) groups excluding carboxylic acids is 1. The molecule has 39 heavy (non-hydrogen) atoms. The van der Waals surface area contributed by atoms with Crippen LogP contribution in [0.1, 0.15) is 69.2 Å². The Kier molecular flexibility index (Phi) is 8.47. The van der Waals surface area contributed by atoms with Crippen molar-refractivity contribution in [1.82, 2.24) is 5.32 Å². The number of esters is 1. The Balaban J connectivity index is 1.26. The van der Waals surface area contributed by atoms with Gasteiger partial charge in [0, 0.05) is 12.0 Å². The maximum Gasteiger partial charge on any atom is 0.307 e. The first kappa shape index (κ1) is 27.1. The average Bonchev–Trinajstić information content (AvgIpc) is 2.94. The summed E-state index contributed by atoms with van der Waals surface area (Å²) in [4.78, 5) is 13.3. The Hall–Kier alpha value is -3.43. The summed E-state index contributed by atoms with van der Waals surface area (Å²) in [5, 5.41) is 6.23. The highest BCUT2D eigenvalue weighted by Gasteiger charge is 2.41. The number of carbonyl (C=O) groups is 1. The molecule has 0 aliphatic heterocycles. The quantitative estimate of drug-likeness (QED) is 0.226. The molecule has 3 atom stereocenters. The number of fused-ring (bicyclic) bond motifs is 1. The summed E-state index contributed by atoms with van der Waals surface area (Å²) in [6.45, 7) is 6.76. The summed E-state index contributed by atoms with van der Waals surface area (Å²) in [7, 11) is 0. The predicted molar refractivity (Wildman–Crippen MR) is 161 cm³/mol. The molecular weight excluding hydrogens is 478 g/mol. The van der Waals surface area contributed by atoms with E-state index in [0.717, 1.165) is 25.7 Å². The molecule has 0 bridgehead atoms. The zero-order valence-corrected chi connectivity index (χ0v) is 23.5. The Bertz CT molecular complexity index is 1330. The highest BCUT2D eigenvalue weighted by molar-refractivity contribution is 5.83. The minimum atomic E-state index is -0.110. The minimum absolute atomic E-state index is 0.0180. The lowest BCUT2D eigenvalue weighted by atomic mass is 9.65. The van der Waals surface area contributed by atoms with Gasteiger partial charge in [0.15, 0.2) is 0 Å². The van der Waals surface area contributed by atoms with Crippen LogP contribution in [0, 0.1) is 11.3 Å². The molecule has 202 valence electrons. The first-order chi connectivity index (χ1) is 18.9. The molecule has 1 aliphatic rings. The highest BCUT2D eigenvalue weighted by Crippen LogP contribution is 2.44. The van der Waals surface area contributed by atoms with Crippen LogP contribution in [0.4, 0.5) is 0 Å². The van der Waals surface area contributed by atoms with Gasteiger partial charge in [-0.25, -0.2) is 0 Å². The van der Waals surface area contributed by atoms with Crippen LogP contribution < -0.4 is 5.32 Å². The number of nitrogens with one attached hydrogen (secondary N) is 1. The highest BCUT2D eigenvalue weighted by atomic mass is 16.5. The maximum atomic E-state index is 13.3. The van der Waals surface area contributed by atoms with Gasteiger partial charge in [0.2, 0.25) is 0 Å². The van der Waals surface area contributed by atoms with E-state index in [-0.39, 0.29) is 29.6 Å². The molecule has 0 saturated heterocycles. The van der Waals surface area contributed by atoms with E-state index in [9.17, 15) is 4.79 Å². The van der Waals surface area contributed by atoms with Gasteiger partial charge in [-0.15, -0.1) is 0 Å². The van der Waals surface area contributed by atoms with E-state index < -0.39 is 0 Å². The standard InChI is InChI=1S/C36H41NO2/c1-26(37-35(29-14-6-4-7-15-29)30-16-8-5-9-17-30)23-34(38)39-33-19-12-22-36(2,3)32(33)25-27-20-21-28-13-10-11-18-31(28)24-27/h4-11,13-18,20-21,24,26,32-33,35,37H,12,19,22-23,25H2,1-3H3/t26?,32-,33+/m0/s1. The van der Waals surface area contributed by atoms with Crippen LogP contribution in [-0.2, 0) is 16.0 Å². The molecule has 0 radical (unpaired) electrons. The van der Waals surface area contributed by atoms with Gasteiger partial charge in [-0.1, -0.05) is 117 Å². The molecule has 0 heterocycles. The fourth-order valence-electron chi connectivity index (χ4n) is 6.30. The Labute approximate surface area is 233 Å². The Morgan fingerprint density at radius 3 is 2.15 bits per heavy atom. The average molecular weight is 520 g/mol. The third kappa shape index (κ3) is 6.78. The molecule has 1 fully saturated rings. The second-order valence-electron chi connectivity index (χ2n) is 11.9. The van der Waals surface area contributed by atoms with Crippen LogP contribution in [0.5, 0.6) is 0 Å². The van der Waals surface area contributed by atoms with Crippen LogP contribution in [0.2, 0.25) is 0 Å². The Morgan fingerprint density at radius 1 is 0.872 bits per heavy atom. The molecule has 3 heteroatoms. The fourth-order valence-corrected chi connectivity index (χ4v) is 6.30. The summed E-state index contributed by atoms with van der Waals surface area (Å²) < 4.78 is 6.28. The van der Waals surface area contributed by atoms with Crippen molar-refractivity contribution in [2.75, 3.05) is 0 Å². The third-order valence-electron chi connectivity index (χ3n) is 8.50. The van der Waals surface area contributed by atoms with Crippen molar-refractivity contribution >= 4 is 16.7 Å². The van der Waals surface area contributed by atoms with E-state index in [1.807, 2.05) is 12.1 Å². The van der Waals surface area contributed by atoms with Crippen molar-refractivity contribution in [2.45, 2.75) is 71.1 Å². The van der Waals surface area contributed by atoms with E-state index >= 15 is 0 Å². The molecule has 1 unspecified atom stereocenters. The van der Waals surface area contributed by atoms with Crippen molar-refractivity contribution in [3.05, 3.63) is 120 Å². The molecule has 0 amide bonds. The lowest BCUT2D eigenvalue weighted by Gasteiger charge is -2.43. The van der Waals surface area contributed by atoms with E-state index in [4.69, 9.17) is 4.74 Å². The zero-order chi connectivity index (χ0) is 27.2. The molecule has 3 nitrogen and oxygen atoms in total. The van der Waals surface area contributed by atoms with E-state index in [1.165, 1.54) is 27.5 Å². The van der Waals surface area contributed by atoms with Crippen molar-refractivity contribution in [2.24, 2.45) is 11.3 Å². The SMILES string of the molecule is CC(CC(=O)O[C@@H]1CCCC(C)(C)[C@H]1Cc1ccc2ccccc2c1)NC(c1ccccc1)c1ccccc1. The van der Waals surface area contributed by atoms with Crippen LogP contribution in [0.25, 0.3) is 10.8 Å². The predicted octanol–water partition coefficient (Wildman–Crippen LogP) is 8.28. The first-order valence-corrected chi connectivity index (χ1v) is 14.4. The van der Waals surface area contributed by atoms with E-state index in [1.54, 1.807) is 0 Å². The summed E-state index contributed by atoms with van der Waals surface area (Å²) in [5.74, 6) is 0.182. The minimum Gasteiger partial charge on any atom is -0.462 e. The van der Waals surface area contributed by atoms with Crippen LogP contribution >= 0.6 is 0 Å². The van der Waals surface area contributed by atoms with Gasteiger partial charge in [0.1, 0.15) is 6.10 Å². The largest absolute Gasteiger partial charge is 0.462 e. The first-order valence-electron chi connectivity index (χ1n) is 14.4. The number of hydrogen-bond acceptors (Lipinski definition) is 3. The van der Waals surface area contributed by atoms with Crippen molar-refractivity contribution in [1.29, 1.82) is 0 Å². The topological polar surface area (TPSA) is 38.3 Å². The molecule has 0 aromatic heterocycles. The second kappa shape index (κ2) is 12.2. The number of rotatable bonds is 9. The lowest BCUT2D eigenvalue weighted by Crippen LogP contribution is -2.43. The molecule has 0 spiro atoms. The van der Waals surface area contributed by atoms with Crippen LogP contribution in [0.3, 0.4) is 0 Å². The fraction of sp³-hybridized carbons (Fsp3) is 0.361. The molecule has 1 saturated carbocycles. The second-order valence-corrected chi connectivity index (χ2v) is 11.9. The summed E-state index contributed by atoms with van der Waals surface area (Å²) in [5.41, 5.74) is 3.81. The van der Waals surface area contributed by atoms with Gasteiger partial charge in [-0.2, -0.15) is 0 Å². The monoisotopic (exact) mass is 519 g/mol. The van der Waals surface area contributed by atoms with Gasteiger partial charge in [-0.3, -0.25) is 4.79 Å². The molecule has 1 N–H and O–H groups in total. The summed E-state index contributed by atoms with van der Waals surface area (Å²) in [6, 6.07) is 36.1. The lowest BCUT2D eigenvalue weighted by molar-refractivity contribution is -0.158. The zero-order valence-electron chi connectivity index (χ0n) is 23.5. The van der Waals surface area contributed by atoms with Crippen molar-refractivity contribution in [3.8, 4) is 0 Å². The van der Waals surface area contributed by atoms with Gasteiger partial charge >= 0.3 is 5.97 Å². The molecule has 1 aliphatic carbocycles.